The average molecular weight is 303 g/mol. The number of rotatable bonds is 5. The molecule has 0 bridgehead atoms. The van der Waals surface area contributed by atoms with Crippen molar-refractivity contribution in [2.45, 2.75) is 25.0 Å². The van der Waals surface area contributed by atoms with Crippen molar-refractivity contribution in [3.63, 3.8) is 0 Å². The zero-order chi connectivity index (χ0) is 14.5. The number of aromatic nitrogens is 1. The molecule has 1 aromatic carbocycles. The summed E-state index contributed by atoms with van der Waals surface area (Å²) >= 11 is 5.94. The van der Waals surface area contributed by atoms with Crippen molar-refractivity contribution >= 4 is 11.6 Å². The van der Waals surface area contributed by atoms with E-state index in [1.807, 2.05) is 36.5 Å². The lowest BCUT2D eigenvalue weighted by molar-refractivity contribution is 0.0989. The number of hydrogen-bond acceptors (Lipinski definition) is 3. The summed E-state index contributed by atoms with van der Waals surface area (Å²) in [7, 11) is 0. The van der Waals surface area contributed by atoms with E-state index < -0.39 is 0 Å². The molecule has 2 aromatic rings. The summed E-state index contributed by atoms with van der Waals surface area (Å²) in [5.41, 5.74) is 2.45. The van der Waals surface area contributed by atoms with Gasteiger partial charge in [-0.05, 0) is 48.7 Å². The fourth-order valence-corrected chi connectivity index (χ4v) is 2.85. The first kappa shape index (κ1) is 14.5. The lowest BCUT2D eigenvalue weighted by Gasteiger charge is -2.20. The minimum atomic E-state index is 0.121. The molecule has 4 heteroatoms. The highest BCUT2D eigenvalue weighted by Gasteiger charge is 2.28. The van der Waals surface area contributed by atoms with Crippen LogP contribution in [0.25, 0.3) is 0 Å². The van der Waals surface area contributed by atoms with Crippen LogP contribution in [0.3, 0.4) is 0 Å². The van der Waals surface area contributed by atoms with Crippen LogP contribution < -0.4 is 5.32 Å². The maximum Gasteiger partial charge on any atom is 0.0978 e. The molecule has 2 heterocycles. The summed E-state index contributed by atoms with van der Waals surface area (Å²) in [4.78, 5) is 4.14. The molecule has 2 atom stereocenters. The molecule has 110 valence electrons. The van der Waals surface area contributed by atoms with E-state index >= 15 is 0 Å². The highest BCUT2D eigenvalue weighted by molar-refractivity contribution is 6.30. The number of nitrogens with one attached hydrogen (secondary N) is 1. The molecule has 3 nitrogen and oxygen atoms in total. The van der Waals surface area contributed by atoms with Gasteiger partial charge < -0.3 is 10.1 Å². The van der Waals surface area contributed by atoms with Gasteiger partial charge in [0.1, 0.15) is 0 Å². The highest BCUT2D eigenvalue weighted by atomic mass is 35.5. The fourth-order valence-electron chi connectivity index (χ4n) is 2.73. The smallest absolute Gasteiger partial charge is 0.0978 e. The lowest BCUT2D eigenvalue weighted by Crippen LogP contribution is -2.33. The van der Waals surface area contributed by atoms with Gasteiger partial charge in [0.15, 0.2) is 0 Å². The maximum atomic E-state index is 5.94. The number of benzene rings is 1. The van der Waals surface area contributed by atoms with E-state index in [0.29, 0.717) is 6.04 Å². The Kier molecular flexibility index (Phi) is 4.86. The van der Waals surface area contributed by atoms with Gasteiger partial charge in [0, 0.05) is 30.1 Å². The summed E-state index contributed by atoms with van der Waals surface area (Å²) in [6, 6.07) is 12.4. The number of ether oxygens (including phenoxy) is 1. The average Bonchev–Trinajstić information content (AvgIpc) is 2.98. The Bertz CT molecular complexity index is 559. The third-order valence-corrected chi connectivity index (χ3v) is 4.09. The van der Waals surface area contributed by atoms with E-state index in [9.17, 15) is 0 Å². The third-order valence-electron chi connectivity index (χ3n) is 3.83. The molecule has 0 spiro atoms. The fraction of sp³-hybridized carbons (Fsp3) is 0.353. The molecule has 1 fully saturated rings. The Morgan fingerprint density at radius 1 is 1.24 bits per heavy atom. The Hall–Kier alpha value is -1.42. The SMILES string of the molecule is Clc1ccc(C2OCCC2NCCc2cccnc2)cc1. The van der Waals surface area contributed by atoms with Crippen LogP contribution in [-0.4, -0.2) is 24.2 Å². The van der Waals surface area contributed by atoms with Crippen LogP contribution in [0.2, 0.25) is 5.02 Å². The zero-order valence-corrected chi connectivity index (χ0v) is 12.6. The van der Waals surface area contributed by atoms with Crippen LogP contribution in [0.15, 0.2) is 48.8 Å². The quantitative estimate of drug-likeness (QED) is 0.919. The molecule has 21 heavy (non-hydrogen) atoms. The van der Waals surface area contributed by atoms with E-state index in [4.69, 9.17) is 16.3 Å². The minimum absolute atomic E-state index is 0.121. The predicted molar refractivity (Wildman–Crippen MR) is 84.5 cm³/mol. The molecule has 0 saturated carbocycles. The van der Waals surface area contributed by atoms with Crippen LogP contribution in [0, 0.1) is 0 Å². The molecule has 1 aliphatic heterocycles. The van der Waals surface area contributed by atoms with Crippen molar-refractivity contribution in [3.8, 4) is 0 Å². The van der Waals surface area contributed by atoms with E-state index in [0.717, 1.165) is 31.0 Å². The van der Waals surface area contributed by atoms with Crippen molar-refractivity contribution in [2.24, 2.45) is 0 Å². The standard InChI is InChI=1S/C17H19ClN2O/c18-15-5-3-14(4-6-15)17-16(8-11-21-17)20-10-7-13-2-1-9-19-12-13/h1-6,9,12,16-17,20H,7-8,10-11H2. The number of nitrogens with zero attached hydrogens (tertiary/aromatic N) is 1. The minimum Gasteiger partial charge on any atom is -0.372 e. The van der Waals surface area contributed by atoms with Gasteiger partial charge in [-0.1, -0.05) is 29.8 Å². The van der Waals surface area contributed by atoms with Crippen LogP contribution in [-0.2, 0) is 11.2 Å². The first-order chi connectivity index (χ1) is 10.3. The van der Waals surface area contributed by atoms with Gasteiger partial charge in [-0.15, -0.1) is 0 Å². The summed E-state index contributed by atoms with van der Waals surface area (Å²) in [6.07, 6.45) is 5.87. The Labute approximate surface area is 130 Å². The van der Waals surface area contributed by atoms with E-state index in [1.165, 1.54) is 11.1 Å². The summed E-state index contributed by atoms with van der Waals surface area (Å²) in [6.45, 7) is 1.74. The molecule has 1 saturated heterocycles. The van der Waals surface area contributed by atoms with Crippen molar-refractivity contribution in [3.05, 3.63) is 64.9 Å². The van der Waals surface area contributed by atoms with E-state index in [-0.39, 0.29) is 6.10 Å². The highest BCUT2D eigenvalue weighted by Crippen LogP contribution is 2.29. The van der Waals surface area contributed by atoms with Gasteiger partial charge in [-0.25, -0.2) is 0 Å². The van der Waals surface area contributed by atoms with Crippen LogP contribution >= 0.6 is 11.6 Å². The normalized spacial score (nSPS) is 21.6. The van der Waals surface area contributed by atoms with E-state index in [2.05, 4.69) is 16.4 Å². The van der Waals surface area contributed by atoms with Crippen molar-refractivity contribution < 1.29 is 4.74 Å². The van der Waals surface area contributed by atoms with E-state index in [1.54, 1.807) is 6.20 Å². The first-order valence-electron chi connectivity index (χ1n) is 7.32. The Morgan fingerprint density at radius 3 is 2.86 bits per heavy atom. The molecule has 3 rings (SSSR count). The largest absolute Gasteiger partial charge is 0.372 e. The molecular weight excluding hydrogens is 284 g/mol. The molecule has 1 aromatic heterocycles. The molecule has 1 N–H and O–H groups in total. The summed E-state index contributed by atoms with van der Waals surface area (Å²) in [5.74, 6) is 0. The van der Waals surface area contributed by atoms with Gasteiger partial charge in [-0.3, -0.25) is 4.98 Å². The predicted octanol–water partition coefficient (Wildman–Crippen LogP) is 3.40. The monoisotopic (exact) mass is 302 g/mol. The van der Waals surface area contributed by atoms with Crippen LogP contribution in [0.5, 0.6) is 0 Å². The molecule has 0 amide bonds. The third kappa shape index (κ3) is 3.82. The second-order valence-electron chi connectivity index (χ2n) is 5.30. The summed E-state index contributed by atoms with van der Waals surface area (Å²) in [5, 5.41) is 4.37. The molecule has 1 aliphatic rings. The Morgan fingerprint density at radius 2 is 2.10 bits per heavy atom. The Balaban J connectivity index is 1.56. The first-order valence-corrected chi connectivity index (χ1v) is 7.70. The van der Waals surface area contributed by atoms with Gasteiger partial charge in [0.05, 0.1) is 6.10 Å². The molecular formula is C17H19ClN2O. The number of pyridine rings is 1. The van der Waals surface area contributed by atoms with Gasteiger partial charge in [0.2, 0.25) is 0 Å². The van der Waals surface area contributed by atoms with Crippen LogP contribution in [0.4, 0.5) is 0 Å². The van der Waals surface area contributed by atoms with Gasteiger partial charge >= 0.3 is 0 Å². The lowest BCUT2D eigenvalue weighted by atomic mass is 10.0. The van der Waals surface area contributed by atoms with Gasteiger partial charge in [0.25, 0.3) is 0 Å². The molecule has 0 aliphatic carbocycles. The molecule has 2 unspecified atom stereocenters. The zero-order valence-electron chi connectivity index (χ0n) is 11.8. The summed E-state index contributed by atoms with van der Waals surface area (Å²) < 4.78 is 5.88. The number of halogens is 1. The topological polar surface area (TPSA) is 34.1 Å². The maximum absolute atomic E-state index is 5.94. The van der Waals surface area contributed by atoms with Gasteiger partial charge in [-0.2, -0.15) is 0 Å². The van der Waals surface area contributed by atoms with Crippen molar-refractivity contribution in [2.75, 3.05) is 13.2 Å². The second kappa shape index (κ2) is 7.03. The number of hydrogen-bond donors (Lipinski definition) is 1. The van der Waals surface area contributed by atoms with Crippen molar-refractivity contribution in [1.29, 1.82) is 0 Å². The molecule has 0 radical (unpaired) electrons. The second-order valence-corrected chi connectivity index (χ2v) is 5.74. The van der Waals surface area contributed by atoms with Crippen LogP contribution in [0.1, 0.15) is 23.7 Å². The van der Waals surface area contributed by atoms with Crippen molar-refractivity contribution in [1.82, 2.24) is 10.3 Å².